The van der Waals surface area contributed by atoms with Gasteiger partial charge in [0.05, 0.1) is 23.6 Å². The largest absolute Gasteiger partial charge is 0.378 e. The summed E-state index contributed by atoms with van der Waals surface area (Å²) in [5.41, 5.74) is 3.15. The minimum atomic E-state index is 0.696. The maximum atomic E-state index is 6.00. The first kappa shape index (κ1) is 11.8. The molecule has 0 saturated carbocycles. The third-order valence-corrected chi connectivity index (χ3v) is 2.70. The predicted octanol–water partition coefficient (Wildman–Crippen LogP) is 2.74. The van der Waals surface area contributed by atoms with Crippen molar-refractivity contribution in [2.24, 2.45) is 0 Å². The lowest BCUT2D eigenvalue weighted by Gasteiger charge is -2.18. The average Bonchev–Trinajstić information content (AvgIpc) is 2.78. The van der Waals surface area contributed by atoms with Crippen LogP contribution >= 0.6 is 11.6 Å². The molecule has 0 aliphatic rings. The van der Waals surface area contributed by atoms with E-state index in [4.69, 9.17) is 11.6 Å². The van der Waals surface area contributed by atoms with E-state index in [0.717, 1.165) is 22.1 Å². The molecule has 0 saturated heterocycles. The second-order valence-electron chi connectivity index (χ2n) is 3.99. The Balaban J connectivity index is 2.16. The summed E-state index contributed by atoms with van der Waals surface area (Å²) in [4.78, 5) is 2.05. The van der Waals surface area contributed by atoms with Crippen LogP contribution in [-0.4, -0.2) is 24.3 Å². The van der Waals surface area contributed by atoms with Crippen molar-refractivity contribution >= 4 is 23.0 Å². The maximum Gasteiger partial charge on any atom is 0.0597 e. The van der Waals surface area contributed by atoms with Crippen molar-refractivity contribution in [3.05, 3.63) is 41.2 Å². The van der Waals surface area contributed by atoms with Gasteiger partial charge in [-0.2, -0.15) is 5.10 Å². The van der Waals surface area contributed by atoms with Crippen LogP contribution in [-0.2, 0) is 6.54 Å². The first-order valence-electron chi connectivity index (χ1n) is 5.36. The van der Waals surface area contributed by atoms with Gasteiger partial charge in [-0.1, -0.05) is 11.6 Å². The highest BCUT2D eigenvalue weighted by atomic mass is 35.5. The van der Waals surface area contributed by atoms with Crippen LogP contribution in [0, 0.1) is 0 Å². The number of benzene rings is 1. The number of aromatic nitrogens is 2. The number of nitrogens with zero attached hydrogens (tertiary/aromatic N) is 2. The number of halogens is 1. The van der Waals surface area contributed by atoms with Gasteiger partial charge in [-0.3, -0.25) is 5.10 Å². The molecule has 1 heterocycles. The molecule has 0 bridgehead atoms. The van der Waals surface area contributed by atoms with Crippen molar-refractivity contribution in [2.75, 3.05) is 24.3 Å². The van der Waals surface area contributed by atoms with Crippen LogP contribution in [0.15, 0.2) is 30.5 Å². The van der Waals surface area contributed by atoms with Gasteiger partial charge in [-0.05, 0) is 24.3 Å². The fraction of sp³-hybridized carbons (Fsp3) is 0.250. The average molecular weight is 251 g/mol. The highest BCUT2D eigenvalue weighted by molar-refractivity contribution is 6.31. The van der Waals surface area contributed by atoms with Crippen LogP contribution in [0.2, 0.25) is 5.02 Å². The van der Waals surface area contributed by atoms with Crippen molar-refractivity contribution in [3.8, 4) is 0 Å². The molecule has 4 nitrogen and oxygen atoms in total. The van der Waals surface area contributed by atoms with Crippen molar-refractivity contribution < 1.29 is 0 Å². The summed E-state index contributed by atoms with van der Waals surface area (Å²) in [6.45, 7) is 0.696. The molecule has 5 heteroatoms. The molecule has 0 radical (unpaired) electrons. The zero-order chi connectivity index (χ0) is 12.3. The van der Waals surface area contributed by atoms with Crippen LogP contribution < -0.4 is 10.2 Å². The summed E-state index contributed by atoms with van der Waals surface area (Å²) >= 11 is 6.00. The normalized spacial score (nSPS) is 10.3. The monoisotopic (exact) mass is 250 g/mol. The number of nitrogens with one attached hydrogen (secondary N) is 2. The summed E-state index contributed by atoms with van der Waals surface area (Å²) in [6.07, 6.45) is 1.74. The molecule has 17 heavy (non-hydrogen) atoms. The number of rotatable bonds is 4. The molecule has 1 aromatic carbocycles. The van der Waals surface area contributed by atoms with Gasteiger partial charge in [-0.15, -0.1) is 0 Å². The molecular formula is C12H15ClN4. The molecule has 0 atom stereocenters. The van der Waals surface area contributed by atoms with Crippen LogP contribution in [0.5, 0.6) is 0 Å². The van der Waals surface area contributed by atoms with Crippen molar-refractivity contribution in [2.45, 2.75) is 6.54 Å². The molecule has 2 aromatic rings. The second-order valence-corrected chi connectivity index (χ2v) is 4.43. The lowest BCUT2D eigenvalue weighted by atomic mass is 10.2. The second kappa shape index (κ2) is 5.10. The van der Waals surface area contributed by atoms with Crippen molar-refractivity contribution in [3.63, 3.8) is 0 Å². The van der Waals surface area contributed by atoms with Crippen LogP contribution in [0.1, 0.15) is 5.69 Å². The maximum absolute atomic E-state index is 6.00. The van der Waals surface area contributed by atoms with Crippen molar-refractivity contribution in [1.29, 1.82) is 0 Å². The van der Waals surface area contributed by atoms with E-state index < -0.39 is 0 Å². The van der Waals surface area contributed by atoms with Crippen LogP contribution in [0.3, 0.4) is 0 Å². The Hall–Kier alpha value is -1.68. The van der Waals surface area contributed by atoms with Gasteiger partial charge < -0.3 is 10.2 Å². The lowest BCUT2D eigenvalue weighted by Crippen LogP contribution is -2.12. The van der Waals surface area contributed by atoms with E-state index in [1.807, 2.05) is 43.3 Å². The zero-order valence-electron chi connectivity index (χ0n) is 9.87. The van der Waals surface area contributed by atoms with Gasteiger partial charge >= 0.3 is 0 Å². The summed E-state index contributed by atoms with van der Waals surface area (Å²) in [7, 11) is 4.01. The molecule has 90 valence electrons. The van der Waals surface area contributed by atoms with E-state index in [0.29, 0.717) is 6.54 Å². The molecule has 0 amide bonds. The first-order valence-corrected chi connectivity index (χ1v) is 5.73. The van der Waals surface area contributed by atoms with Gasteiger partial charge in [-0.25, -0.2) is 0 Å². The Morgan fingerprint density at radius 1 is 1.35 bits per heavy atom. The SMILES string of the molecule is CN(C)c1ccc(Cl)cc1NCc1ccn[nH]1. The first-order chi connectivity index (χ1) is 8.16. The van der Waals surface area contributed by atoms with Gasteiger partial charge in [0.1, 0.15) is 0 Å². The lowest BCUT2D eigenvalue weighted by molar-refractivity contribution is 0.979. The highest BCUT2D eigenvalue weighted by Gasteiger charge is 2.05. The van der Waals surface area contributed by atoms with E-state index in [1.54, 1.807) is 6.20 Å². The molecule has 0 aliphatic heterocycles. The molecule has 1 aromatic heterocycles. The summed E-state index contributed by atoms with van der Waals surface area (Å²) in [5, 5.41) is 10.9. The number of anilines is 2. The van der Waals surface area contributed by atoms with Crippen molar-refractivity contribution in [1.82, 2.24) is 10.2 Å². The van der Waals surface area contributed by atoms with E-state index in [-0.39, 0.29) is 0 Å². The van der Waals surface area contributed by atoms with Crippen LogP contribution in [0.25, 0.3) is 0 Å². The highest BCUT2D eigenvalue weighted by Crippen LogP contribution is 2.28. The quantitative estimate of drug-likeness (QED) is 0.877. The van der Waals surface area contributed by atoms with E-state index in [1.165, 1.54) is 0 Å². The summed E-state index contributed by atoms with van der Waals surface area (Å²) < 4.78 is 0. The Labute approximate surface area is 106 Å². The zero-order valence-corrected chi connectivity index (χ0v) is 10.6. The van der Waals surface area contributed by atoms with Gasteiger partial charge in [0.25, 0.3) is 0 Å². The standard InChI is InChI=1S/C12H15ClN4/c1-17(2)12-4-3-9(13)7-11(12)14-8-10-5-6-15-16-10/h3-7,14H,8H2,1-2H3,(H,15,16). The van der Waals surface area contributed by atoms with Gasteiger partial charge in [0, 0.05) is 25.3 Å². The molecular weight excluding hydrogens is 236 g/mol. The Kier molecular flexibility index (Phi) is 3.54. The third-order valence-electron chi connectivity index (χ3n) is 2.47. The van der Waals surface area contributed by atoms with E-state index in [2.05, 4.69) is 15.5 Å². The Morgan fingerprint density at radius 2 is 2.18 bits per heavy atom. The minimum absolute atomic E-state index is 0.696. The van der Waals surface area contributed by atoms with Gasteiger partial charge in [0.2, 0.25) is 0 Å². The topological polar surface area (TPSA) is 44.0 Å². The van der Waals surface area contributed by atoms with Crippen LogP contribution in [0.4, 0.5) is 11.4 Å². The molecule has 0 aliphatic carbocycles. The molecule has 2 N–H and O–H groups in total. The minimum Gasteiger partial charge on any atom is -0.378 e. The number of aromatic amines is 1. The molecule has 2 rings (SSSR count). The summed E-state index contributed by atoms with van der Waals surface area (Å²) in [5.74, 6) is 0. The number of H-pyrrole nitrogens is 1. The predicted molar refractivity (Wildman–Crippen MR) is 71.7 cm³/mol. The smallest absolute Gasteiger partial charge is 0.0597 e. The third kappa shape index (κ3) is 2.91. The number of hydrogen-bond donors (Lipinski definition) is 2. The van der Waals surface area contributed by atoms with E-state index in [9.17, 15) is 0 Å². The molecule has 0 spiro atoms. The molecule has 0 unspecified atom stereocenters. The summed E-state index contributed by atoms with van der Waals surface area (Å²) in [6, 6.07) is 7.75. The fourth-order valence-corrected chi connectivity index (χ4v) is 1.79. The van der Waals surface area contributed by atoms with Gasteiger partial charge in [0.15, 0.2) is 0 Å². The number of hydrogen-bond acceptors (Lipinski definition) is 3. The Bertz CT molecular complexity index is 479. The fourth-order valence-electron chi connectivity index (χ4n) is 1.61. The Morgan fingerprint density at radius 3 is 2.82 bits per heavy atom. The van der Waals surface area contributed by atoms with E-state index >= 15 is 0 Å². The molecule has 0 fully saturated rings.